The molecular formula is C21H32O4. The fraction of sp³-hybridized carbons (Fsp3) is 0.524. The zero-order valence-corrected chi connectivity index (χ0v) is 16.3. The fourth-order valence-corrected chi connectivity index (χ4v) is 3.25. The van der Waals surface area contributed by atoms with E-state index < -0.39 is 12.0 Å². The molecule has 0 bridgehead atoms. The van der Waals surface area contributed by atoms with Crippen LogP contribution in [0.5, 0.6) is 17.2 Å². The molecule has 25 heavy (non-hydrogen) atoms. The predicted octanol–water partition coefficient (Wildman–Crippen LogP) is 4.88. The van der Waals surface area contributed by atoms with Crippen molar-refractivity contribution >= 4 is 0 Å². The molecular weight excluding hydrogens is 316 g/mol. The van der Waals surface area contributed by atoms with Crippen LogP contribution in [0.3, 0.4) is 0 Å². The Labute approximate surface area is 151 Å². The second kappa shape index (κ2) is 8.95. The van der Waals surface area contributed by atoms with Crippen molar-refractivity contribution in [2.45, 2.75) is 66.4 Å². The topological polar surface area (TPSA) is 69.9 Å². The summed E-state index contributed by atoms with van der Waals surface area (Å²) < 4.78 is 5.72. The van der Waals surface area contributed by atoms with E-state index in [-0.39, 0.29) is 22.8 Å². The van der Waals surface area contributed by atoms with Gasteiger partial charge in [-0.2, -0.15) is 0 Å². The molecule has 0 heterocycles. The molecule has 0 aliphatic rings. The van der Waals surface area contributed by atoms with Crippen LogP contribution in [0.2, 0.25) is 0 Å². The molecule has 0 fully saturated rings. The molecule has 4 heteroatoms. The number of rotatable bonds is 8. The van der Waals surface area contributed by atoms with Gasteiger partial charge >= 0.3 is 0 Å². The zero-order valence-electron chi connectivity index (χ0n) is 16.3. The largest absolute Gasteiger partial charge is 0.507 e. The lowest BCUT2D eigenvalue weighted by atomic mass is 9.78. The van der Waals surface area contributed by atoms with Crippen LogP contribution < -0.4 is 4.74 Å². The summed E-state index contributed by atoms with van der Waals surface area (Å²) in [7, 11) is 0. The number of ether oxygens (including phenoxy) is 1. The first kappa shape index (κ1) is 21.1. The van der Waals surface area contributed by atoms with Gasteiger partial charge in [-0.05, 0) is 32.8 Å². The summed E-state index contributed by atoms with van der Waals surface area (Å²) in [6, 6.07) is 0. The van der Waals surface area contributed by atoms with Crippen molar-refractivity contribution in [3.05, 3.63) is 40.5 Å². The molecule has 1 aromatic carbocycles. The number of allylic oxidation sites excluding steroid dienone is 4. The minimum absolute atomic E-state index is 0.00928. The van der Waals surface area contributed by atoms with E-state index in [0.717, 1.165) is 18.4 Å². The van der Waals surface area contributed by atoms with Crippen LogP contribution in [0.1, 0.15) is 64.2 Å². The second-order valence-electron chi connectivity index (χ2n) is 6.98. The van der Waals surface area contributed by atoms with Gasteiger partial charge in [0, 0.05) is 11.0 Å². The first-order valence-corrected chi connectivity index (χ1v) is 8.84. The summed E-state index contributed by atoms with van der Waals surface area (Å²) in [5, 5.41) is 31.1. The van der Waals surface area contributed by atoms with Crippen molar-refractivity contribution in [2.24, 2.45) is 0 Å². The van der Waals surface area contributed by atoms with Gasteiger partial charge in [0.1, 0.15) is 5.75 Å². The van der Waals surface area contributed by atoms with Gasteiger partial charge in [-0.25, -0.2) is 0 Å². The Hall–Kier alpha value is -1.94. The predicted molar refractivity (Wildman–Crippen MR) is 102 cm³/mol. The normalized spacial score (nSPS) is 12.8. The number of hydrogen-bond acceptors (Lipinski definition) is 4. The van der Waals surface area contributed by atoms with Gasteiger partial charge in [-0.1, -0.05) is 51.0 Å². The monoisotopic (exact) mass is 348 g/mol. The van der Waals surface area contributed by atoms with Crippen molar-refractivity contribution in [2.75, 3.05) is 6.61 Å². The maximum Gasteiger partial charge on any atom is 0.170 e. The average molecular weight is 348 g/mol. The van der Waals surface area contributed by atoms with Gasteiger partial charge < -0.3 is 20.1 Å². The highest BCUT2D eigenvalue weighted by molar-refractivity contribution is 5.64. The number of benzene rings is 1. The maximum atomic E-state index is 10.9. The van der Waals surface area contributed by atoms with Crippen LogP contribution in [-0.2, 0) is 12.0 Å². The molecule has 0 aliphatic heterocycles. The third-order valence-corrected chi connectivity index (χ3v) is 4.31. The Morgan fingerprint density at radius 3 is 2.36 bits per heavy atom. The molecule has 0 aliphatic carbocycles. The molecule has 3 N–H and O–H groups in total. The Morgan fingerprint density at radius 1 is 1.20 bits per heavy atom. The van der Waals surface area contributed by atoms with E-state index in [1.165, 1.54) is 0 Å². The van der Waals surface area contributed by atoms with Crippen LogP contribution in [0.25, 0.3) is 0 Å². The summed E-state index contributed by atoms with van der Waals surface area (Å²) in [4.78, 5) is 0. The summed E-state index contributed by atoms with van der Waals surface area (Å²) in [5.74, 6) is 0.149. The lowest BCUT2D eigenvalue weighted by Crippen LogP contribution is -2.18. The Bertz CT molecular complexity index is 655. The second-order valence-corrected chi connectivity index (χ2v) is 6.98. The zero-order chi connectivity index (χ0) is 19.2. The number of hydrogen-bond donors (Lipinski definition) is 3. The minimum Gasteiger partial charge on any atom is -0.507 e. The number of phenolic OH excluding ortho intramolecular Hbond substituents is 1. The van der Waals surface area contributed by atoms with Crippen LogP contribution in [0.4, 0.5) is 0 Å². The Kier molecular flexibility index (Phi) is 7.56. The summed E-state index contributed by atoms with van der Waals surface area (Å²) in [6.07, 6.45) is 7.78. The van der Waals surface area contributed by atoms with Crippen molar-refractivity contribution in [1.29, 1.82) is 0 Å². The Balaban J connectivity index is 3.57. The van der Waals surface area contributed by atoms with Crippen LogP contribution >= 0.6 is 0 Å². The quantitative estimate of drug-likeness (QED) is 0.356. The number of phenols is 2. The van der Waals surface area contributed by atoms with Crippen molar-refractivity contribution < 1.29 is 20.1 Å². The molecule has 0 unspecified atom stereocenters. The molecule has 140 valence electrons. The molecule has 0 aromatic heterocycles. The van der Waals surface area contributed by atoms with Crippen LogP contribution in [-0.4, -0.2) is 21.9 Å². The van der Waals surface area contributed by atoms with E-state index in [9.17, 15) is 15.3 Å². The number of aromatic hydroxyl groups is 2. The molecule has 0 spiro atoms. The molecule has 0 amide bonds. The highest BCUT2D eigenvalue weighted by atomic mass is 16.5. The Morgan fingerprint density at radius 2 is 1.84 bits per heavy atom. The third-order valence-electron chi connectivity index (χ3n) is 4.31. The smallest absolute Gasteiger partial charge is 0.170 e. The molecule has 0 atom stereocenters. The maximum absolute atomic E-state index is 10.9. The van der Waals surface area contributed by atoms with Gasteiger partial charge in [0.15, 0.2) is 11.5 Å². The molecule has 4 nitrogen and oxygen atoms in total. The van der Waals surface area contributed by atoms with Gasteiger partial charge in [0.25, 0.3) is 0 Å². The van der Waals surface area contributed by atoms with E-state index in [4.69, 9.17) is 4.74 Å². The van der Waals surface area contributed by atoms with E-state index in [1.807, 2.05) is 52.8 Å². The number of unbranched alkanes of at least 4 members (excludes halogenated alkanes) is 1. The van der Waals surface area contributed by atoms with Crippen LogP contribution in [0, 0.1) is 6.92 Å². The first-order chi connectivity index (χ1) is 11.7. The van der Waals surface area contributed by atoms with Gasteiger partial charge in [-0.15, -0.1) is 0 Å². The van der Waals surface area contributed by atoms with Gasteiger partial charge in [-0.3, -0.25) is 0 Å². The van der Waals surface area contributed by atoms with Crippen molar-refractivity contribution in [3.63, 3.8) is 0 Å². The van der Waals surface area contributed by atoms with E-state index >= 15 is 0 Å². The van der Waals surface area contributed by atoms with E-state index in [1.54, 1.807) is 6.92 Å². The minimum atomic E-state index is -0.522. The third kappa shape index (κ3) is 4.79. The highest BCUT2D eigenvalue weighted by Gasteiger charge is 2.30. The van der Waals surface area contributed by atoms with Gasteiger partial charge in [0.2, 0.25) is 0 Å². The van der Waals surface area contributed by atoms with Crippen molar-refractivity contribution in [1.82, 2.24) is 0 Å². The summed E-state index contributed by atoms with van der Waals surface area (Å²) in [5.41, 5.74) is 1.94. The standard InChI is InChI=1S/C21H32O4/c1-7-9-11-25-20-16(13-22)18(23)15(4)17(19(20)24)21(5,6)12-14(3)10-8-2/h8,10,12,22-24H,7,9,11,13H2,1-6H3/b10-8-,14-12+. The summed E-state index contributed by atoms with van der Waals surface area (Å²) >= 11 is 0. The molecule has 1 rings (SSSR count). The average Bonchev–Trinajstić information content (AvgIpc) is 2.52. The molecule has 0 saturated heterocycles. The first-order valence-electron chi connectivity index (χ1n) is 8.84. The molecule has 1 aromatic rings. The summed E-state index contributed by atoms with van der Waals surface area (Å²) in [6.45, 7) is 11.7. The molecule has 0 saturated carbocycles. The highest BCUT2D eigenvalue weighted by Crippen LogP contribution is 2.48. The van der Waals surface area contributed by atoms with Gasteiger partial charge in [0.05, 0.1) is 18.8 Å². The molecule has 0 radical (unpaired) electrons. The lowest BCUT2D eigenvalue weighted by Gasteiger charge is -2.28. The fourth-order valence-electron chi connectivity index (χ4n) is 3.25. The van der Waals surface area contributed by atoms with E-state index in [2.05, 4.69) is 0 Å². The SMILES string of the molecule is C/C=C\C(C)=C\C(C)(C)c1c(C)c(O)c(CO)c(OCCCC)c1O. The van der Waals surface area contributed by atoms with Crippen molar-refractivity contribution in [3.8, 4) is 17.2 Å². The lowest BCUT2D eigenvalue weighted by molar-refractivity contribution is 0.246. The van der Waals surface area contributed by atoms with E-state index in [0.29, 0.717) is 17.7 Å². The number of aliphatic hydroxyl groups excluding tert-OH is 1. The number of aliphatic hydroxyl groups is 1. The van der Waals surface area contributed by atoms with Crippen LogP contribution in [0.15, 0.2) is 23.8 Å².